The Labute approximate surface area is 79.0 Å². The highest BCUT2D eigenvalue weighted by molar-refractivity contribution is 7.73. The molecule has 64 valence electrons. The fraction of sp³-hybridized carbons (Fsp3) is 0.500. The number of aromatic nitrogens is 2. The Morgan fingerprint density at radius 3 is 3.17 bits per heavy atom. The molecule has 0 saturated heterocycles. The standard InChI is InChI=1S/C6H7N3OS2/c1-2-10-5-8-9(4-3-7)6(11)12-5/h2,4H2,1H3. The zero-order valence-electron chi connectivity index (χ0n) is 6.48. The lowest BCUT2D eigenvalue weighted by Crippen LogP contribution is -1.98. The van der Waals surface area contributed by atoms with E-state index < -0.39 is 0 Å². The van der Waals surface area contributed by atoms with Gasteiger partial charge in [0.2, 0.25) is 0 Å². The number of hydrogen-bond donors (Lipinski definition) is 0. The molecule has 0 spiro atoms. The maximum absolute atomic E-state index is 8.39. The van der Waals surface area contributed by atoms with E-state index in [1.807, 2.05) is 13.0 Å². The van der Waals surface area contributed by atoms with E-state index in [0.717, 1.165) is 0 Å². The van der Waals surface area contributed by atoms with Gasteiger partial charge in [-0.15, -0.1) is 5.10 Å². The van der Waals surface area contributed by atoms with Crippen molar-refractivity contribution < 1.29 is 4.74 Å². The summed E-state index contributed by atoms with van der Waals surface area (Å²) in [5.41, 5.74) is 0. The van der Waals surface area contributed by atoms with Crippen molar-refractivity contribution in [2.45, 2.75) is 13.5 Å². The molecule has 0 amide bonds. The van der Waals surface area contributed by atoms with Crippen LogP contribution in [0.2, 0.25) is 0 Å². The summed E-state index contributed by atoms with van der Waals surface area (Å²) in [6, 6.07) is 1.97. The average Bonchev–Trinajstić information content (AvgIpc) is 2.34. The van der Waals surface area contributed by atoms with Gasteiger partial charge in [-0.1, -0.05) is 0 Å². The number of hydrogen-bond acceptors (Lipinski definition) is 5. The summed E-state index contributed by atoms with van der Waals surface area (Å²) < 4.78 is 7.14. The number of nitrogens with zero attached hydrogens (tertiary/aromatic N) is 3. The fourth-order valence-corrected chi connectivity index (χ4v) is 1.63. The van der Waals surface area contributed by atoms with Crippen LogP contribution in [0, 0.1) is 15.3 Å². The first kappa shape index (κ1) is 9.16. The molecule has 0 radical (unpaired) electrons. The van der Waals surface area contributed by atoms with Crippen molar-refractivity contribution in [1.29, 1.82) is 5.26 Å². The quantitative estimate of drug-likeness (QED) is 0.697. The van der Waals surface area contributed by atoms with Crippen LogP contribution >= 0.6 is 23.6 Å². The number of nitriles is 1. The van der Waals surface area contributed by atoms with Gasteiger partial charge in [0.1, 0.15) is 6.54 Å². The van der Waals surface area contributed by atoms with E-state index in [-0.39, 0.29) is 6.54 Å². The van der Waals surface area contributed by atoms with Crippen molar-refractivity contribution in [2.75, 3.05) is 6.61 Å². The Balaban J connectivity index is 2.87. The molecule has 6 heteroatoms. The Kier molecular flexibility index (Phi) is 3.19. The molecule has 1 heterocycles. The van der Waals surface area contributed by atoms with Crippen LogP contribution in [-0.2, 0) is 6.54 Å². The summed E-state index contributed by atoms with van der Waals surface area (Å²) in [6.45, 7) is 2.62. The molecule has 0 unspecified atom stereocenters. The van der Waals surface area contributed by atoms with Gasteiger partial charge in [-0.3, -0.25) is 0 Å². The van der Waals surface area contributed by atoms with Crippen molar-refractivity contribution >= 4 is 23.6 Å². The Morgan fingerprint density at radius 1 is 1.83 bits per heavy atom. The second kappa shape index (κ2) is 4.18. The van der Waals surface area contributed by atoms with Gasteiger partial charge in [0.05, 0.1) is 12.7 Å². The third-order valence-electron chi connectivity index (χ3n) is 1.08. The molecule has 12 heavy (non-hydrogen) atoms. The molecule has 4 nitrogen and oxygen atoms in total. The second-order valence-corrected chi connectivity index (χ2v) is 3.47. The molecule has 0 fully saturated rings. The predicted molar refractivity (Wildman–Crippen MR) is 47.7 cm³/mol. The molecule has 0 aliphatic carbocycles. The van der Waals surface area contributed by atoms with Crippen LogP contribution in [0.3, 0.4) is 0 Å². The fourth-order valence-electron chi connectivity index (χ4n) is 0.636. The molecule has 0 saturated carbocycles. The molecule has 1 aromatic rings. The van der Waals surface area contributed by atoms with Crippen LogP contribution in [0.25, 0.3) is 0 Å². The molecule has 1 rings (SSSR count). The van der Waals surface area contributed by atoms with E-state index in [0.29, 0.717) is 15.8 Å². The van der Waals surface area contributed by atoms with Gasteiger partial charge in [0.15, 0.2) is 3.95 Å². The zero-order chi connectivity index (χ0) is 8.97. The van der Waals surface area contributed by atoms with Crippen molar-refractivity contribution in [3.05, 3.63) is 3.95 Å². The minimum atomic E-state index is 0.183. The lowest BCUT2D eigenvalue weighted by Gasteiger charge is -1.93. The SMILES string of the molecule is CCOc1nn(CC#N)c(=S)s1. The monoisotopic (exact) mass is 201 g/mol. The largest absolute Gasteiger partial charge is 0.469 e. The van der Waals surface area contributed by atoms with E-state index in [1.165, 1.54) is 16.0 Å². The maximum Gasteiger partial charge on any atom is 0.293 e. The molecule has 0 aromatic carbocycles. The zero-order valence-corrected chi connectivity index (χ0v) is 8.11. The molecule has 0 atom stereocenters. The maximum atomic E-state index is 8.39. The van der Waals surface area contributed by atoms with Crippen LogP contribution in [-0.4, -0.2) is 16.4 Å². The first-order valence-corrected chi connectivity index (χ1v) is 4.58. The lowest BCUT2D eigenvalue weighted by atomic mass is 10.7. The molecular weight excluding hydrogens is 194 g/mol. The minimum absolute atomic E-state index is 0.183. The highest BCUT2D eigenvalue weighted by Gasteiger charge is 2.02. The molecule has 1 aromatic heterocycles. The Bertz CT molecular complexity index is 348. The van der Waals surface area contributed by atoms with Gasteiger partial charge in [0.25, 0.3) is 5.19 Å². The van der Waals surface area contributed by atoms with E-state index in [9.17, 15) is 0 Å². The van der Waals surface area contributed by atoms with Crippen molar-refractivity contribution in [2.24, 2.45) is 0 Å². The van der Waals surface area contributed by atoms with Gasteiger partial charge in [0, 0.05) is 0 Å². The average molecular weight is 201 g/mol. The molecule has 0 N–H and O–H groups in total. The van der Waals surface area contributed by atoms with E-state index >= 15 is 0 Å². The normalized spacial score (nSPS) is 9.33. The first-order chi connectivity index (χ1) is 5.77. The number of ether oxygens (including phenoxy) is 1. The summed E-state index contributed by atoms with van der Waals surface area (Å²) in [7, 11) is 0. The van der Waals surface area contributed by atoms with Crippen molar-refractivity contribution in [1.82, 2.24) is 9.78 Å². The van der Waals surface area contributed by atoms with Gasteiger partial charge in [-0.25, -0.2) is 4.68 Å². The molecule has 0 aliphatic rings. The van der Waals surface area contributed by atoms with E-state index in [1.54, 1.807) is 0 Å². The van der Waals surface area contributed by atoms with Gasteiger partial charge in [-0.05, 0) is 30.5 Å². The van der Waals surface area contributed by atoms with Crippen molar-refractivity contribution in [3.63, 3.8) is 0 Å². The van der Waals surface area contributed by atoms with E-state index in [4.69, 9.17) is 22.2 Å². The predicted octanol–water partition coefficient (Wildman–Crippen LogP) is 1.60. The summed E-state index contributed by atoms with van der Waals surface area (Å²) in [5, 5.41) is 12.9. The topological polar surface area (TPSA) is 50.8 Å². The summed E-state index contributed by atoms with van der Waals surface area (Å²) >= 11 is 6.21. The van der Waals surface area contributed by atoms with Gasteiger partial charge in [-0.2, -0.15) is 5.26 Å². The number of rotatable bonds is 3. The smallest absolute Gasteiger partial charge is 0.293 e. The van der Waals surface area contributed by atoms with Crippen LogP contribution in [0.4, 0.5) is 0 Å². The first-order valence-electron chi connectivity index (χ1n) is 3.35. The van der Waals surface area contributed by atoms with Crippen LogP contribution < -0.4 is 4.74 Å². The Hall–Kier alpha value is -0.930. The second-order valence-electron chi connectivity index (χ2n) is 1.88. The van der Waals surface area contributed by atoms with Gasteiger partial charge < -0.3 is 4.74 Å². The molecule has 0 bridgehead atoms. The third kappa shape index (κ3) is 2.03. The van der Waals surface area contributed by atoms with Crippen molar-refractivity contribution in [3.8, 4) is 11.3 Å². The lowest BCUT2D eigenvalue weighted by molar-refractivity contribution is 0.330. The van der Waals surface area contributed by atoms with E-state index in [2.05, 4.69) is 5.10 Å². The van der Waals surface area contributed by atoms with Gasteiger partial charge >= 0.3 is 0 Å². The summed E-state index contributed by atoms with van der Waals surface area (Å²) in [5.74, 6) is 0. The Morgan fingerprint density at radius 2 is 2.58 bits per heavy atom. The molecule has 0 aliphatic heterocycles. The summed E-state index contributed by atoms with van der Waals surface area (Å²) in [4.78, 5) is 0. The highest BCUT2D eigenvalue weighted by Crippen LogP contribution is 2.16. The van der Waals surface area contributed by atoms with Crippen LogP contribution in [0.5, 0.6) is 5.19 Å². The van der Waals surface area contributed by atoms with Crippen LogP contribution in [0.1, 0.15) is 6.92 Å². The van der Waals surface area contributed by atoms with Crippen LogP contribution in [0.15, 0.2) is 0 Å². The summed E-state index contributed by atoms with van der Waals surface area (Å²) in [6.07, 6.45) is 0. The minimum Gasteiger partial charge on any atom is -0.469 e. The third-order valence-corrected chi connectivity index (χ3v) is 2.30. The highest BCUT2D eigenvalue weighted by atomic mass is 32.1. The molecular formula is C6H7N3OS2.